The topological polar surface area (TPSA) is 92.5 Å². The summed E-state index contributed by atoms with van der Waals surface area (Å²) in [6.45, 7) is 7.84. The van der Waals surface area contributed by atoms with Gasteiger partial charge in [-0.25, -0.2) is 9.36 Å². The van der Waals surface area contributed by atoms with Crippen LogP contribution in [-0.2, 0) is 23.1 Å². The number of aromatic nitrogens is 5. The summed E-state index contributed by atoms with van der Waals surface area (Å²) < 4.78 is 11.2. The van der Waals surface area contributed by atoms with Gasteiger partial charge in [-0.2, -0.15) is 4.98 Å². The maximum atomic E-state index is 13.1. The molecule has 0 spiro atoms. The van der Waals surface area contributed by atoms with Crippen molar-refractivity contribution in [2.75, 3.05) is 13.7 Å². The highest BCUT2D eigenvalue weighted by atomic mass is 16.5. The molecule has 0 aromatic carbocycles. The zero-order valence-corrected chi connectivity index (χ0v) is 15.9. The molecule has 0 fully saturated rings. The van der Waals surface area contributed by atoms with E-state index in [0.717, 1.165) is 16.0 Å². The molecule has 26 heavy (non-hydrogen) atoms. The van der Waals surface area contributed by atoms with Crippen LogP contribution in [0.15, 0.2) is 9.59 Å². The van der Waals surface area contributed by atoms with E-state index in [4.69, 9.17) is 4.74 Å². The predicted octanol–water partition coefficient (Wildman–Crippen LogP) is 0.563. The van der Waals surface area contributed by atoms with E-state index in [1.54, 1.807) is 25.5 Å². The quantitative estimate of drug-likeness (QED) is 0.662. The lowest BCUT2D eigenvalue weighted by Gasteiger charge is -2.12. The molecule has 0 saturated carbocycles. The van der Waals surface area contributed by atoms with Gasteiger partial charge >= 0.3 is 5.69 Å². The molecule has 140 valence electrons. The van der Waals surface area contributed by atoms with Crippen LogP contribution >= 0.6 is 0 Å². The van der Waals surface area contributed by atoms with Gasteiger partial charge in [-0.05, 0) is 27.7 Å². The molecule has 0 amide bonds. The molecule has 0 saturated heterocycles. The molecule has 0 aliphatic heterocycles. The molecule has 3 rings (SSSR count). The van der Waals surface area contributed by atoms with Crippen molar-refractivity contribution in [3.05, 3.63) is 32.2 Å². The fourth-order valence-corrected chi connectivity index (χ4v) is 3.26. The first kappa shape index (κ1) is 18.1. The van der Waals surface area contributed by atoms with Crippen LogP contribution in [0.2, 0.25) is 0 Å². The Labute approximate surface area is 149 Å². The van der Waals surface area contributed by atoms with Crippen LogP contribution in [0.1, 0.15) is 31.3 Å². The molecule has 9 nitrogen and oxygen atoms in total. The van der Waals surface area contributed by atoms with E-state index < -0.39 is 17.3 Å². The van der Waals surface area contributed by atoms with Crippen molar-refractivity contribution in [3.8, 4) is 0 Å². The minimum Gasteiger partial charge on any atom is -0.383 e. The maximum Gasteiger partial charge on any atom is 0.333 e. The van der Waals surface area contributed by atoms with E-state index in [0.29, 0.717) is 30.1 Å². The van der Waals surface area contributed by atoms with Crippen molar-refractivity contribution in [1.82, 2.24) is 23.1 Å². The number of rotatable bonds is 5. The fourth-order valence-electron chi connectivity index (χ4n) is 3.26. The molecule has 0 bridgehead atoms. The Kier molecular flexibility index (Phi) is 4.35. The van der Waals surface area contributed by atoms with Crippen LogP contribution < -0.4 is 11.2 Å². The number of ketones is 1. The number of hydrogen-bond acceptors (Lipinski definition) is 5. The van der Waals surface area contributed by atoms with Gasteiger partial charge in [0.05, 0.1) is 12.6 Å². The van der Waals surface area contributed by atoms with Crippen LogP contribution in [-0.4, -0.2) is 42.6 Å². The second-order valence-corrected chi connectivity index (χ2v) is 6.54. The van der Waals surface area contributed by atoms with Crippen LogP contribution in [0, 0.1) is 13.8 Å². The summed E-state index contributed by atoms with van der Waals surface area (Å²) in [6, 6.07) is -0.840. The Morgan fingerprint density at radius 2 is 1.88 bits per heavy atom. The Bertz CT molecular complexity index is 1140. The summed E-state index contributed by atoms with van der Waals surface area (Å²) in [5.41, 5.74) is 1.36. The number of fused-ring (bicyclic) bond motifs is 3. The summed E-state index contributed by atoms with van der Waals surface area (Å²) in [4.78, 5) is 42.1. The zero-order valence-electron chi connectivity index (χ0n) is 15.9. The Morgan fingerprint density at radius 1 is 1.23 bits per heavy atom. The molecule has 1 atom stereocenters. The van der Waals surface area contributed by atoms with Gasteiger partial charge in [-0.3, -0.25) is 18.6 Å². The van der Waals surface area contributed by atoms with Crippen molar-refractivity contribution in [3.63, 3.8) is 0 Å². The number of methoxy groups -OCH3 is 1. The van der Waals surface area contributed by atoms with E-state index in [1.807, 2.05) is 18.4 Å². The highest BCUT2D eigenvalue weighted by Crippen LogP contribution is 2.20. The Balaban J connectivity index is 2.49. The van der Waals surface area contributed by atoms with E-state index in [-0.39, 0.29) is 5.78 Å². The monoisotopic (exact) mass is 361 g/mol. The van der Waals surface area contributed by atoms with Crippen molar-refractivity contribution >= 4 is 22.7 Å². The van der Waals surface area contributed by atoms with Gasteiger partial charge < -0.3 is 9.30 Å². The second kappa shape index (κ2) is 6.24. The zero-order chi connectivity index (χ0) is 19.3. The maximum absolute atomic E-state index is 13.1. The minimum absolute atomic E-state index is 0.255. The van der Waals surface area contributed by atoms with Gasteiger partial charge in [-0.1, -0.05) is 0 Å². The van der Waals surface area contributed by atoms with Crippen molar-refractivity contribution in [1.29, 1.82) is 0 Å². The normalized spacial score (nSPS) is 13.0. The molecule has 3 aromatic heterocycles. The summed E-state index contributed by atoms with van der Waals surface area (Å²) >= 11 is 0. The molecule has 1 unspecified atom stereocenters. The predicted molar refractivity (Wildman–Crippen MR) is 96.9 cm³/mol. The number of Topliss-reactive ketones (excluding diaryl/α,β-unsaturated/α-hetero) is 1. The summed E-state index contributed by atoms with van der Waals surface area (Å²) in [5, 5.41) is 0. The van der Waals surface area contributed by atoms with Crippen molar-refractivity contribution in [2.45, 2.75) is 40.3 Å². The SMILES string of the molecule is COCCn1c(C)c(C)n2c3c(=O)n(C(C)C(C)=O)c(=O)n(C)c3nc12. The number of carbonyl (C=O) groups is 1. The highest BCUT2D eigenvalue weighted by Gasteiger charge is 2.25. The highest BCUT2D eigenvalue weighted by molar-refractivity contribution is 5.81. The summed E-state index contributed by atoms with van der Waals surface area (Å²) in [5.74, 6) is 0.322. The number of nitrogens with zero attached hydrogens (tertiary/aromatic N) is 5. The Morgan fingerprint density at radius 3 is 2.46 bits per heavy atom. The number of ether oxygens (including phenoxy) is 1. The van der Waals surface area contributed by atoms with Crippen molar-refractivity contribution < 1.29 is 9.53 Å². The summed E-state index contributed by atoms with van der Waals surface area (Å²) in [6.07, 6.45) is 0. The average Bonchev–Trinajstić information content (AvgIpc) is 3.08. The first-order chi connectivity index (χ1) is 12.2. The first-order valence-corrected chi connectivity index (χ1v) is 8.41. The van der Waals surface area contributed by atoms with E-state index in [1.165, 1.54) is 11.5 Å². The van der Waals surface area contributed by atoms with Crippen molar-refractivity contribution in [2.24, 2.45) is 7.05 Å². The third kappa shape index (κ3) is 2.34. The van der Waals surface area contributed by atoms with E-state index >= 15 is 0 Å². The van der Waals surface area contributed by atoms with Gasteiger partial charge in [0.1, 0.15) is 0 Å². The average molecular weight is 361 g/mol. The van der Waals surface area contributed by atoms with Crippen LogP contribution in [0.25, 0.3) is 16.9 Å². The lowest BCUT2D eigenvalue weighted by atomic mass is 10.2. The molecule has 3 aromatic rings. The van der Waals surface area contributed by atoms with Crippen LogP contribution in [0.3, 0.4) is 0 Å². The van der Waals surface area contributed by atoms with Gasteiger partial charge in [-0.15, -0.1) is 0 Å². The summed E-state index contributed by atoms with van der Waals surface area (Å²) in [7, 11) is 3.18. The molecule has 0 aliphatic rings. The minimum atomic E-state index is -0.840. The molecular weight excluding hydrogens is 338 g/mol. The molecule has 9 heteroatoms. The van der Waals surface area contributed by atoms with Gasteiger partial charge in [0, 0.05) is 32.1 Å². The Hall–Kier alpha value is -2.68. The molecule has 0 aliphatic carbocycles. The first-order valence-electron chi connectivity index (χ1n) is 8.41. The van der Waals surface area contributed by atoms with Gasteiger partial charge in [0.25, 0.3) is 5.56 Å². The van der Waals surface area contributed by atoms with Gasteiger partial charge in [0.2, 0.25) is 5.78 Å². The standard InChI is InChI=1S/C17H23N5O4/c1-9-10(2)21-13-14(18-16(21)20(9)7-8-26-6)19(5)17(25)22(15(13)24)11(3)12(4)23/h11H,7-8H2,1-6H3. The van der Waals surface area contributed by atoms with Crippen LogP contribution in [0.5, 0.6) is 0 Å². The number of imidazole rings is 2. The number of carbonyl (C=O) groups excluding carboxylic acids is 1. The van der Waals surface area contributed by atoms with E-state index in [2.05, 4.69) is 4.98 Å². The smallest absolute Gasteiger partial charge is 0.333 e. The molecule has 3 heterocycles. The third-order valence-electron chi connectivity index (χ3n) is 5.07. The molecule has 0 radical (unpaired) electrons. The lowest BCUT2D eigenvalue weighted by molar-refractivity contribution is -0.119. The molecule has 0 N–H and O–H groups in total. The second-order valence-electron chi connectivity index (χ2n) is 6.54. The lowest BCUT2D eigenvalue weighted by Crippen LogP contribution is -2.42. The number of aryl methyl sites for hydroxylation is 2. The fraction of sp³-hybridized carbons (Fsp3) is 0.529. The third-order valence-corrected chi connectivity index (χ3v) is 5.07. The number of hydrogen-bond donors (Lipinski definition) is 0. The largest absolute Gasteiger partial charge is 0.383 e. The van der Waals surface area contributed by atoms with E-state index in [9.17, 15) is 14.4 Å². The van der Waals surface area contributed by atoms with Crippen LogP contribution in [0.4, 0.5) is 0 Å². The molecular formula is C17H23N5O4. The van der Waals surface area contributed by atoms with Gasteiger partial charge in [0.15, 0.2) is 16.9 Å².